The molecular weight excluding hydrogens is 233 g/mol. The molecule has 102 valence electrons. The highest BCUT2D eigenvalue weighted by molar-refractivity contribution is 5.25. The molecule has 0 aliphatic heterocycles. The van der Waals surface area contributed by atoms with Crippen LogP contribution in [0.2, 0.25) is 0 Å². The number of benzene rings is 1. The van der Waals surface area contributed by atoms with E-state index in [2.05, 4.69) is 5.32 Å². The molecule has 1 aromatic rings. The summed E-state index contributed by atoms with van der Waals surface area (Å²) in [6.45, 7) is 5.19. The van der Waals surface area contributed by atoms with E-state index in [0.717, 1.165) is 5.56 Å². The van der Waals surface area contributed by atoms with Crippen molar-refractivity contribution in [2.24, 2.45) is 0 Å². The molecule has 3 N–H and O–H groups in total. The molecule has 0 spiro atoms. The monoisotopic (exact) mass is 255 g/mol. The maximum absolute atomic E-state index is 13.5. The summed E-state index contributed by atoms with van der Waals surface area (Å²) in [4.78, 5) is 0. The Balaban J connectivity index is 2.86. The first-order chi connectivity index (χ1) is 8.48. The maximum Gasteiger partial charge on any atom is 0.126 e. The fourth-order valence-electron chi connectivity index (χ4n) is 1.89. The summed E-state index contributed by atoms with van der Waals surface area (Å²) >= 11 is 0. The maximum atomic E-state index is 13.5. The largest absolute Gasteiger partial charge is 0.394 e. The molecule has 0 saturated carbocycles. The second-order valence-corrected chi connectivity index (χ2v) is 4.82. The first-order valence-corrected chi connectivity index (χ1v) is 6.23. The minimum absolute atomic E-state index is 0.139. The van der Waals surface area contributed by atoms with Crippen molar-refractivity contribution in [1.82, 2.24) is 5.32 Å². The molecule has 1 unspecified atom stereocenters. The third-order valence-electron chi connectivity index (χ3n) is 3.50. The van der Waals surface area contributed by atoms with Gasteiger partial charge in [-0.15, -0.1) is 0 Å². The van der Waals surface area contributed by atoms with E-state index >= 15 is 0 Å². The predicted octanol–water partition coefficient (Wildman–Crippen LogP) is 1.92. The Morgan fingerprint density at radius 3 is 2.39 bits per heavy atom. The molecular formula is C14H22FNO2. The first kappa shape index (κ1) is 15.1. The fraction of sp³-hybridized carbons (Fsp3) is 0.571. The molecule has 0 bridgehead atoms. The topological polar surface area (TPSA) is 52.5 Å². The quantitative estimate of drug-likeness (QED) is 0.728. The van der Waals surface area contributed by atoms with E-state index in [0.29, 0.717) is 12.0 Å². The molecule has 0 aliphatic carbocycles. The summed E-state index contributed by atoms with van der Waals surface area (Å²) in [6, 6.07) is 4.93. The smallest absolute Gasteiger partial charge is 0.126 e. The van der Waals surface area contributed by atoms with Gasteiger partial charge in [0.1, 0.15) is 5.82 Å². The van der Waals surface area contributed by atoms with Crippen LogP contribution in [0.15, 0.2) is 18.2 Å². The number of hydrogen-bond acceptors (Lipinski definition) is 3. The van der Waals surface area contributed by atoms with E-state index in [4.69, 9.17) is 0 Å². The summed E-state index contributed by atoms with van der Waals surface area (Å²) in [6.07, 6.45) is 0.596. The highest BCUT2D eigenvalue weighted by Gasteiger charge is 2.28. The Kier molecular flexibility index (Phi) is 5.26. The van der Waals surface area contributed by atoms with Crippen molar-refractivity contribution < 1.29 is 14.6 Å². The summed E-state index contributed by atoms with van der Waals surface area (Å²) in [7, 11) is 0. The van der Waals surface area contributed by atoms with E-state index < -0.39 is 5.54 Å². The van der Waals surface area contributed by atoms with Gasteiger partial charge in [0.2, 0.25) is 0 Å². The summed E-state index contributed by atoms with van der Waals surface area (Å²) in [5, 5.41) is 21.9. The van der Waals surface area contributed by atoms with E-state index in [1.807, 2.05) is 19.9 Å². The van der Waals surface area contributed by atoms with Gasteiger partial charge < -0.3 is 15.5 Å². The van der Waals surface area contributed by atoms with Gasteiger partial charge in [-0.05, 0) is 37.5 Å². The zero-order valence-corrected chi connectivity index (χ0v) is 11.2. The van der Waals surface area contributed by atoms with Gasteiger partial charge in [-0.25, -0.2) is 4.39 Å². The van der Waals surface area contributed by atoms with Crippen LogP contribution < -0.4 is 5.32 Å². The number of halogens is 1. The first-order valence-electron chi connectivity index (χ1n) is 6.23. The molecule has 0 radical (unpaired) electrons. The van der Waals surface area contributed by atoms with Crippen LogP contribution in [-0.2, 0) is 0 Å². The standard InChI is InChI=1S/C14H22FNO2/c1-4-14(8-17,9-18)16-11(3)12-6-5-10(2)13(15)7-12/h5-7,11,16-18H,4,8-9H2,1-3H3. The number of aliphatic hydroxyl groups is 2. The third kappa shape index (κ3) is 3.28. The Morgan fingerprint density at radius 1 is 1.33 bits per heavy atom. The van der Waals surface area contributed by atoms with Crippen molar-refractivity contribution in [2.75, 3.05) is 13.2 Å². The van der Waals surface area contributed by atoms with Gasteiger partial charge >= 0.3 is 0 Å². The van der Waals surface area contributed by atoms with E-state index in [1.54, 1.807) is 13.0 Å². The minimum Gasteiger partial charge on any atom is -0.394 e. The molecule has 0 fully saturated rings. The van der Waals surface area contributed by atoms with Gasteiger partial charge in [0, 0.05) is 6.04 Å². The average molecular weight is 255 g/mol. The molecule has 18 heavy (non-hydrogen) atoms. The molecule has 1 aromatic carbocycles. The number of aliphatic hydroxyl groups excluding tert-OH is 2. The summed E-state index contributed by atoms with van der Waals surface area (Å²) in [5.41, 5.74) is 0.690. The number of nitrogens with one attached hydrogen (secondary N) is 1. The lowest BCUT2D eigenvalue weighted by atomic mass is 9.95. The highest BCUT2D eigenvalue weighted by atomic mass is 19.1. The molecule has 0 saturated heterocycles. The van der Waals surface area contributed by atoms with Crippen molar-refractivity contribution in [1.29, 1.82) is 0 Å². The number of rotatable bonds is 6. The molecule has 0 amide bonds. The van der Waals surface area contributed by atoms with Crippen LogP contribution in [0.3, 0.4) is 0 Å². The van der Waals surface area contributed by atoms with Gasteiger partial charge in [0.25, 0.3) is 0 Å². The van der Waals surface area contributed by atoms with Gasteiger partial charge in [0.15, 0.2) is 0 Å². The number of hydrogen-bond donors (Lipinski definition) is 3. The molecule has 1 rings (SSSR count). The van der Waals surface area contributed by atoms with Crippen molar-refractivity contribution in [3.05, 3.63) is 35.1 Å². The lowest BCUT2D eigenvalue weighted by Crippen LogP contribution is -2.52. The predicted molar refractivity (Wildman–Crippen MR) is 69.9 cm³/mol. The van der Waals surface area contributed by atoms with Crippen molar-refractivity contribution >= 4 is 0 Å². The zero-order valence-electron chi connectivity index (χ0n) is 11.2. The van der Waals surface area contributed by atoms with Crippen LogP contribution in [0.1, 0.15) is 37.4 Å². The Bertz CT molecular complexity index is 383. The van der Waals surface area contributed by atoms with E-state index in [9.17, 15) is 14.6 Å². The average Bonchev–Trinajstić information content (AvgIpc) is 2.39. The molecule has 0 aromatic heterocycles. The zero-order chi connectivity index (χ0) is 13.8. The Labute approximate surface area is 108 Å². The molecule has 1 atom stereocenters. The Morgan fingerprint density at radius 2 is 1.94 bits per heavy atom. The van der Waals surface area contributed by atoms with Gasteiger partial charge in [-0.2, -0.15) is 0 Å². The number of aryl methyl sites for hydroxylation is 1. The van der Waals surface area contributed by atoms with E-state index in [-0.39, 0.29) is 25.1 Å². The second kappa shape index (κ2) is 6.27. The van der Waals surface area contributed by atoms with Crippen LogP contribution in [0.4, 0.5) is 4.39 Å². The summed E-state index contributed by atoms with van der Waals surface area (Å²) in [5.74, 6) is -0.240. The van der Waals surface area contributed by atoms with Crippen LogP contribution in [0.5, 0.6) is 0 Å². The molecule has 3 nitrogen and oxygen atoms in total. The fourth-order valence-corrected chi connectivity index (χ4v) is 1.89. The highest BCUT2D eigenvalue weighted by Crippen LogP contribution is 2.20. The van der Waals surface area contributed by atoms with E-state index in [1.165, 1.54) is 6.07 Å². The van der Waals surface area contributed by atoms with Crippen LogP contribution >= 0.6 is 0 Å². The van der Waals surface area contributed by atoms with Crippen molar-refractivity contribution in [3.8, 4) is 0 Å². The second-order valence-electron chi connectivity index (χ2n) is 4.82. The van der Waals surface area contributed by atoms with Crippen LogP contribution in [-0.4, -0.2) is 29.0 Å². The lowest BCUT2D eigenvalue weighted by molar-refractivity contribution is 0.0792. The van der Waals surface area contributed by atoms with Crippen molar-refractivity contribution in [3.63, 3.8) is 0 Å². The summed E-state index contributed by atoms with van der Waals surface area (Å²) < 4.78 is 13.5. The normalized spacial score (nSPS) is 13.7. The SMILES string of the molecule is CCC(CO)(CO)NC(C)c1ccc(C)c(F)c1. The van der Waals surface area contributed by atoms with Crippen LogP contribution in [0, 0.1) is 12.7 Å². The molecule has 0 aliphatic rings. The van der Waals surface area contributed by atoms with Crippen molar-refractivity contribution in [2.45, 2.75) is 38.8 Å². The van der Waals surface area contributed by atoms with Crippen LogP contribution in [0.25, 0.3) is 0 Å². The molecule has 4 heteroatoms. The van der Waals surface area contributed by atoms with Gasteiger partial charge in [-0.3, -0.25) is 0 Å². The van der Waals surface area contributed by atoms with Gasteiger partial charge in [0.05, 0.1) is 18.8 Å². The minimum atomic E-state index is -0.721. The Hall–Kier alpha value is -0.970. The molecule has 0 heterocycles. The van der Waals surface area contributed by atoms with Gasteiger partial charge in [-0.1, -0.05) is 19.1 Å². The lowest BCUT2D eigenvalue weighted by Gasteiger charge is -2.33. The third-order valence-corrected chi connectivity index (χ3v) is 3.50.